The van der Waals surface area contributed by atoms with E-state index in [0.717, 1.165) is 24.6 Å². The Morgan fingerprint density at radius 1 is 1.24 bits per heavy atom. The lowest BCUT2D eigenvalue weighted by Crippen LogP contribution is -2.26. The van der Waals surface area contributed by atoms with Crippen molar-refractivity contribution in [3.05, 3.63) is 33.2 Å². The van der Waals surface area contributed by atoms with E-state index in [0.29, 0.717) is 12.6 Å². The van der Waals surface area contributed by atoms with E-state index < -0.39 is 0 Å². The van der Waals surface area contributed by atoms with Crippen LogP contribution in [0.3, 0.4) is 0 Å². The third-order valence-corrected chi connectivity index (χ3v) is 7.89. The van der Waals surface area contributed by atoms with Crippen molar-refractivity contribution in [3.63, 3.8) is 0 Å². The molecule has 0 aliphatic carbocycles. The van der Waals surface area contributed by atoms with Crippen molar-refractivity contribution in [2.75, 3.05) is 12.8 Å². The molecule has 1 atom stereocenters. The number of thioether (sulfide) groups is 1. The average molecular weight is 411 g/mol. The lowest BCUT2D eigenvalue weighted by molar-refractivity contribution is 0.194. The summed E-state index contributed by atoms with van der Waals surface area (Å²) < 4.78 is 5.04. The van der Waals surface area contributed by atoms with Gasteiger partial charge >= 0.3 is 0 Å². The van der Waals surface area contributed by atoms with Crippen LogP contribution in [0.5, 0.6) is 0 Å². The van der Waals surface area contributed by atoms with Gasteiger partial charge in [-0.05, 0) is 44.2 Å². The van der Waals surface area contributed by atoms with E-state index in [1.165, 1.54) is 4.70 Å². The Bertz CT molecular complexity index is 862. The molecule has 3 aromatic rings. The highest BCUT2D eigenvalue weighted by Gasteiger charge is 2.17. The minimum absolute atomic E-state index is 0.216. The van der Waals surface area contributed by atoms with Crippen LogP contribution in [0.4, 0.5) is 0 Å². The number of hydrogen-bond acceptors (Lipinski definition) is 7. The van der Waals surface area contributed by atoms with Crippen LogP contribution < -0.4 is 0 Å². The molecule has 0 saturated heterocycles. The summed E-state index contributed by atoms with van der Waals surface area (Å²) in [5.74, 6) is 1.72. The molecule has 2 aromatic heterocycles. The van der Waals surface area contributed by atoms with Crippen LogP contribution in [-0.2, 0) is 6.67 Å². The van der Waals surface area contributed by atoms with Gasteiger partial charge in [0.05, 0.1) is 22.9 Å². The minimum atomic E-state index is 0.216. The Morgan fingerprint density at radius 3 is 2.72 bits per heavy atom. The van der Waals surface area contributed by atoms with Gasteiger partial charge in [-0.1, -0.05) is 49.1 Å². The van der Waals surface area contributed by atoms with Crippen molar-refractivity contribution in [2.45, 2.75) is 37.8 Å². The number of thiazole rings is 1. The fourth-order valence-corrected chi connectivity index (χ4v) is 5.64. The zero-order valence-electron chi connectivity index (χ0n) is 14.8. The van der Waals surface area contributed by atoms with Crippen molar-refractivity contribution in [1.29, 1.82) is 0 Å². The van der Waals surface area contributed by atoms with E-state index in [4.69, 9.17) is 17.2 Å². The zero-order chi connectivity index (χ0) is 18.0. The first kappa shape index (κ1) is 19.0. The Labute approximate surface area is 165 Å². The molecule has 0 N–H and O–H groups in total. The molecule has 4 nitrogen and oxygen atoms in total. The molecule has 0 aliphatic heterocycles. The highest BCUT2D eigenvalue weighted by Crippen LogP contribution is 2.29. The molecule has 0 aliphatic rings. The lowest BCUT2D eigenvalue weighted by Gasteiger charge is -2.22. The molecule has 8 heteroatoms. The normalized spacial score (nSPS) is 13.2. The topological polar surface area (TPSA) is 34.0 Å². The Morgan fingerprint density at radius 2 is 2.00 bits per heavy atom. The van der Waals surface area contributed by atoms with Crippen molar-refractivity contribution in [2.24, 2.45) is 5.92 Å². The van der Waals surface area contributed by atoms with E-state index >= 15 is 0 Å². The maximum Gasteiger partial charge on any atom is 0.181 e. The highest BCUT2D eigenvalue weighted by molar-refractivity contribution is 8.01. The van der Waals surface area contributed by atoms with Crippen molar-refractivity contribution in [3.8, 4) is 0 Å². The summed E-state index contributed by atoms with van der Waals surface area (Å²) >= 11 is 10.6. The molecular formula is C17H22N4S4. The van der Waals surface area contributed by atoms with Gasteiger partial charge in [-0.15, -0.1) is 11.3 Å². The highest BCUT2D eigenvalue weighted by atomic mass is 32.2. The van der Waals surface area contributed by atoms with Crippen molar-refractivity contribution >= 4 is 56.9 Å². The van der Waals surface area contributed by atoms with Gasteiger partial charge in [0.25, 0.3) is 0 Å². The first-order valence-corrected chi connectivity index (χ1v) is 11.2. The third kappa shape index (κ3) is 4.68. The van der Waals surface area contributed by atoms with Gasteiger partial charge in [0.2, 0.25) is 0 Å². The van der Waals surface area contributed by atoms with Crippen LogP contribution in [0.1, 0.15) is 31.8 Å². The van der Waals surface area contributed by atoms with Crippen LogP contribution in [0.2, 0.25) is 0 Å². The van der Waals surface area contributed by atoms with E-state index in [-0.39, 0.29) is 6.04 Å². The molecule has 2 heterocycles. The van der Waals surface area contributed by atoms with E-state index in [1.807, 2.05) is 10.7 Å². The first-order valence-electron chi connectivity index (χ1n) is 8.20. The second kappa shape index (κ2) is 8.26. The summed E-state index contributed by atoms with van der Waals surface area (Å²) in [6.07, 6.45) is 0. The monoisotopic (exact) mass is 410 g/mol. The molecule has 0 unspecified atom stereocenters. The number of benzene rings is 1. The molecule has 0 fully saturated rings. The maximum absolute atomic E-state index is 5.49. The third-order valence-electron chi connectivity index (χ3n) is 3.81. The van der Waals surface area contributed by atoms with Gasteiger partial charge in [-0.2, -0.15) is 5.10 Å². The van der Waals surface area contributed by atoms with Crippen LogP contribution in [0.15, 0.2) is 28.6 Å². The molecule has 0 radical (unpaired) electrons. The van der Waals surface area contributed by atoms with Crippen LogP contribution in [0, 0.1) is 9.87 Å². The summed E-state index contributed by atoms with van der Waals surface area (Å²) in [6.45, 7) is 7.30. The Balaban J connectivity index is 1.70. The van der Waals surface area contributed by atoms with E-state index in [2.05, 4.69) is 56.0 Å². The molecular weight excluding hydrogens is 388 g/mol. The molecule has 0 saturated carbocycles. The molecule has 134 valence electrons. The first-order chi connectivity index (χ1) is 11.9. The summed E-state index contributed by atoms with van der Waals surface area (Å²) in [4.78, 5) is 7.01. The summed E-state index contributed by atoms with van der Waals surface area (Å²) in [7, 11) is 2.10. The fraction of sp³-hybridized carbons (Fsp3) is 0.471. The molecule has 1 aromatic carbocycles. The molecule has 0 amide bonds. The second-order valence-electron chi connectivity index (χ2n) is 6.43. The summed E-state index contributed by atoms with van der Waals surface area (Å²) in [5, 5.41) is 5.80. The largest absolute Gasteiger partial charge is 0.278 e. The number of fused-ring (bicyclic) bond motifs is 1. The van der Waals surface area contributed by atoms with Crippen LogP contribution in [-0.4, -0.2) is 32.5 Å². The summed E-state index contributed by atoms with van der Waals surface area (Å²) in [6, 6.07) is 8.50. The molecule has 3 rings (SSSR count). The Hall–Kier alpha value is -0.800. The lowest BCUT2D eigenvalue weighted by atomic mass is 10.3. The number of nitrogens with zero attached hydrogens (tertiary/aromatic N) is 4. The number of para-hydroxylation sites is 1. The number of hydrogen-bond donors (Lipinski definition) is 0. The van der Waals surface area contributed by atoms with Crippen molar-refractivity contribution < 1.29 is 0 Å². The number of rotatable bonds is 7. The molecule has 0 spiro atoms. The smallest absolute Gasteiger partial charge is 0.181 e. The predicted octanol–water partition coefficient (Wildman–Crippen LogP) is 5.68. The second-order valence-corrected chi connectivity index (χ2v) is 10.4. The average Bonchev–Trinajstić information content (AvgIpc) is 3.16. The van der Waals surface area contributed by atoms with Gasteiger partial charge in [0, 0.05) is 5.75 Å². The van der Waals surface area contributed by atoms with Crippen LogP contribution in [0.25, 0.3) is 10.2 Å². The van der Waals surface area contributed by atoms with Crippen LogP contribution >= 0.6 is 46.7 Å². The summed E-state index contributed by atoms with van der Waals surface area (Å²) in [5.41, 5.74) is 1.07. The zero-order valence-corrected chi connectivity index (χ0v) is 18.1. The predicted molar refractivity (Wildman–Crippen MR) is 112 cm³/mol. The van der Waals surface area contributed by atoms with E-state index in [9.17, 15) is 0 Å². The van der Waals surface area contributed by atoms with Gasteiger partial charge in [0.15, 0.2) is 8.29 Å². The number of aromatic nitrogens is 3. The van der Waals surface area contributed by atoms with Gasteiger partial charge in [-0.3, -0.25) is 4.90 Å². The molecule has 25 heavy (non-hydrogen) atoms. The van der Waals surface area contributed by atoms with Gasteiger partial charge in [-0.25, -0.2) is 9.67 Å². The standard InChI is InChI=1S/C17H22N4S4/c1-11(2)9-23-16-19-21(17(22)25-16)10-20(4)12(3)15-18-13-7-5-6-8-14(13)24-15/h5-8,11-12H,9-10H2,1-4H3/t12-/m0/s1. The maximum atomic E-state index is 5.49. The van der Waals surface area contributed by atoms with E-state index in [1.54, 1.807) is 34.4 Å². The quantitative estimate of drug-likeness (QED) is 0.369. The van der Waals surface area contributed by atoms with Crippen molar-refractivity contribution in [1.82, 2.24) is 19.7 Å². The minimum Gasteiger partial charge on any atom is -0.278 e. The van der Waals surface area contributed by atoms with Gasteiger partial charge in [0.1, 0.15) is 5.01 Å². The fourth-order valence-electron chi connectivity index (χ4n) is 2.26. The SMILES string of the molecule is CC(C)CSc1nn(CN(C)[C@@H](C)c2nc3ccccc3s2)c(=S)s1. The molecule has 0 bridgehead atoms. The Kier molecular flexibility index (Phi) is 6.27. The van der Waals surface area contributed by atoms with Gasteiger partial charge < -0.3 is 0 Å².